The summed E-state index contributed by atoms with van der Waals surface area (Å²) in [7, 11) is 0. The topological polar surface area (TPSA) is 103 Å². The third-order valence-corrected chi connectivity index (χ3v) is 2.62. The number of rotatable bonds is 4. The van der Waals surface area contributed by atoms with Crippen LogP contribution >= 0.6 is 0 Å². The number of ether oxygens (including phenoxy) is 1. The third kappa shape index (κ3) is 3.11. The number of nitro benzene ring substituents is 1. The Morgan fingerprint density at radius 1 is 1.38 bits per heavy atom. The molecule has 0 radical (unpaired) electrons. The zero-order valence-corrected chi connectivity index (χ0v) is 10.7. The van der Waals surface area contributed by atoms with Crippen LogP contribution in [0.15, 0.2) is 30.3 Å². The van der Waals surface area contributed by atoms with E-state index in [-0.39, 0.29) is 22.9 Å². The zero-order valence-electron chi connectivity index (χ0n) is 10.7. The number of aromatic nitrogens is 1. The molecule has 1 aromatic carbocycles. The summed E-state index contributed by atoms with van der Waals surface area (Å²) in [4.78, 5) is 24.9. The van der Waals surface area contributed by atoms with Gasteiger partial charge in [-0.15, -0.1) is 0 Å². The van der Waals surface area contributed by atoms with Crippen LogP contribution in [0.2, 0.25) is 0 Å². The van der Waals surface area contributed by atoms with Crippen molar-refractivity contribution < 1.29 is 24.0 Å². The van der Waals surface area contributed by atoms with Crippen molar-refractivity contribution in [1.29, 1.82) is 0 Å². The molecule has 0 bridgehead atoms. The number of nitro groups is 1. The van der Waals surface area contributed by atoms with E-state index in [0.29, 0.717) is 0 Å². The van der Waals surface area contributed by atoms with Crippen molar-refractivity contribution in [2.45, 2.75) is 6.92 Å². The van der Waals surface area contributed by atoms with E-state index in [1.54, 1.807) is 0 Å². The molecule has 0 amide bonds. The van der Waals surface area contributed by atoms with Gasteiger partial charge < -0.3 is 9.84 Å². The van der Waals surface area contributed by atoms with Gasteiger partial charge in [-0.1, -0.05) is 0 Å². The minimum absolute atomic E-state index is 0.0175. The molecular weight excluding hydrogens is 283 g/mol. The van der Waals surface area contributed by atoms with Crippen LogP contribution in [0.4, 0.5) is 10.1 Å². The fraction of sp³-hybridized carbons (Fsp3) is 0.0769. The van der Waals surface area contributed by atoms with Crippen molar-refractivity contribution in [2.24, 2.45) is 0 Å². The van der Waals surface area contributed by atoms with Crippen LogP contribution in [0.25, 0.3) is 0 Å². The number of nitrogens with zero attached hydrogens (tertiary/aromatic N) is 2. The number of halogens is 1. The van der Waals surface area contributed by atoms with Crippen molar-refractivity contribution in [3.63, 3.8) is 0 Å². The molecule has 0 saturated heterocycles. The fourth-order valence-corrected chi connectivity index (χ4v) is 1.65. The van der Waals surface area contributed by atoms with Crippen LogP contribution in [0.5, 0.6) is 11.6 Å². The molecule has 0 aliphatic heterocycles. The van der Waals surface area contributed by atoms with Gasteiger partial charge in [0.25, 0.3) is 0 Å². The molecule has 1 heterocycles. The van der Waals surface area contributed by atoms with Gasteiger partial charge in [-0.3, -0.25) is 10.1 Å². The number of carbonyl (C=O) groups is 1. The number of aromatic carboxylic acids is 1. The molecule has 0 atom stereocenters. The Morgan fingerprint density at radius 3 is 2.67 bits per heavy atom. The first-order valence-electron chi connectivity index (χ1n) is 5.71. The van der Waals surface area contributed by atoms with E-state index >= 15 is 0 Å². The first-order chi connectivity index (χ1) is 9.88. The van der Waals surface area contributed by atoms with E-state index in [1.165, 1.54) is 19.1 Å². The molecule has 0 saturated carbocycles. The summed E-state index contributed by atoms with van der Waals surface area (Å²) in [5, 5.41) is 19.7. The summed E-state index contributed by atoms with van der Waals surface area (Å²) in [5.41, 5.74) is -0.256. The second kappa shape index (κ2) is 5.53. The van der Waals surface area contributed by atoms with Gasteiger partial charge in [0, 0.05) is 18.2 Å². The van der Waals surface area contributed by atoms with E-state index in [2.05, 4.69) is 4.98 Å². The van der Waals surface area contributed by atoms with Gasteiger partial charge in [-0.25, -0.2) is 14.2 Å². The second-order valence-electron chi connectivity index (χ2n) is 4.06. The highest BCUT2D eigenvalue weighted by Crippen LogP contribution is 2.31. The molecule has 0 aliphatic rings. The highest BCUT2D eigenvalue weighted by Gasteiger charge is 2.18. The van der Waals surface area contributed by atoms with Crippen LogP contribution in [0.1, 0.15) is 16.1 Å². The summed E-state index contributed by atoms with van der Waals surface area (Å²) in [5.74, 6) is -2.22. The smallest absolute Gasteiger partial charge is 0.337 e. The molecular formula is C13H9FN2O5. The average Bonchev–Trinajstić information content (AvgIpc) is 2.37. The van der Waals surface area contributed by atoms with Crippen molar-refractivity contribution >= 4 is 11.7 Å². The standard InChI is InChI=1S/C13H9FN2O5/c1-7-9(13(17)18)3-5-12(15-7)21-11-6-8(14)2-4-10(11)16(19)20/h2-6H,1H3,(H,17,18). The van der Waals surface area contributed by atoms with Gasteiger partial charge in [0.05, 0.1) is 16.2 Å². The van der Waals surface area contributed by atoms with Crippen molar-refractivity contribution in [2.75, 3.05) is 0 Å². The Kier molecular flexibility index (Phi) is 3.79. The normalized spacial score (nSPS) is 10.2. The van der Waals surface area contributed by atoms with Crippen molar-refractivity contribution in [3.05, 3.63) is 57.5 Å². The maximum atomic E-state index is 13.2. The SMILES string of the molecule is Cc1nc(Oc2cc(F)ccc2[N+](=O)[O-])ccc1C(=O)O. The lowest BCUT2D eigenvalue weighted by atomic mass is 10.2. The average molecular weight is 292 g/mol. The Labute approximate surface area is 117 Å². The van der Waals surface area contributed by atoms with Crippen LogP contribution < -0.4 is 4.74 Å². The molecule has 1 N–H and O–H groups in total. The fourth-order valence-electron chi connectivity index (χ4n) is 1.65. The highest BCUT2D eigenvalue weighted by molar-refractivity contribution is 5.88. The summed E-state index contributed by atoms with van der Waals surface area (Å²) in [6.45, 7) is 1.45. The Hall–Kier alpha value is -3.03. The predicted octanol–water partition coefficient (Wildman–Crippen LogP) is 2.93. The Balaban J connectivity index is 2.38. The lowest BCUT2D eigenvalue weighted by Gasteiger charge is -2.07. The van der Waals surface area contributed by atoms with Crippen LogP contribution in [-0.2, 0) is 0 Å². The second-order valence-corrected chi connectivity index (χ2v) is 4.06. The van der Waals surface area contributed by atoms with Crippen LogP contribution in [0, 0.1) is 22.9 Å². The largest absolute Gasteiger partial charge is 0.478 e. The maximum absolute atomic E-state index is 13.2. The van der Waals surface area contributed by atoms with Crippen molar-refractivity contribution in [3.8, 4) is 11.6 Å². The Morgan fingerprint density at radius 2 is 2.10 bits per heavy atom. The molecule has 108 valence electrons. The summed E-state index contributed by atoms with van der Waals surface area (Å²) in [6.07, 6.45) is 0. The molecule has 7 nitrogen and oxygen atoms in total. The van der Waals surface area contributed by atoms with Crippen LogP contribution in [-0.4, -0.2) is 21.0 Å². The molecule has 1 aromatic heterocycles. The van der Waals surface area contributed by atoms with Crippen molar-refractivity contribution in [1.82, 2.24) is 4.98 Å². The van der Waals surface area contributed by atoms with E-state index < -0.39 is 22.4 Å². The molecule has 0 fully saturated rings. The first kappa shape index (κ1) is 14.4. The van der Waals surface area contributed by atoms with Gasteiger partial charge in [-0.05, 0) is 19.1 Å². The minimum atomic E-state index is -1.15. The predicted molar refractivity (Wildman–Crippen MR) is 69.1 cm³/mol. The van der Waals surface area contributed by atoms with E-state index in [1.807, 2.05) is 0 Å². The molecule has 8 heteroatoms. The number of carboxylic acid groups (broad SMARTS) is 1. The van der Waals surface area contributed by atoms with Crippen LogP contribution in [0.3, 0.4) is 0 Å². The lowest BCUT2D eigenvalue weighted by Crippen LogP contribution is -2.02. The molecule has 2 rings (SSSR count). The molecule has 0 spiro atoms. The minimum Gasteiger partial charge on any atom is -0.478 e. The zero-order chi connectivity index (χ0) is 15.6. The van der Waals surface area contributed by atoms with E-state index in [0.717, 1.165) is 18.2 Å². The molecule has 21 heavy (non-hydrogen) atoms. The monoisotopic (exact) mass is 292 g/mol. The molecule has 0 aliphatic carbocycles. The summed E-state index contributed by atoms with van der Waals surface area (Å²) in [6, 6.07) is 5.27. The number of aryl methyl sites for hydroxylation is 1. The number of pyridine rings is 1. The number of hydrogen-bond donors (Lipinski definition) is 1. The van der Waals surface area contributed by atoms with E-state index in [4.69, 9.17) is 9.84 Å². The van der Waals surface area contributed by atoms with Gasteiger partial charge in [-0.2, -0.15) is 0 Å². The number of carboxylic acids is 1. The highest BCUT2D eigenvalue weighted by atomic mass is 19.1. The quantitative estimate of drug-likeness (QED) is 0.686. The number of hydrogen-bond acceptors (Lipinski definition) is 5. The first-order valence-corrected chi connectivity index (χ1v) is 5.71. The number of benzene rings is 1. The van der Waals surface area contributed by atoms with Gasteiger partial charge in [0.2, 0.25) is 11.6 Å². The maximum Gasteiger partial charge on any atom is 0.337 e. The third-order valence-electron chi connectivity index (χ3n) is 2.62. The summed E-state index contributed by atoms with van der Waals surface area (Å²) >= 11 is 0. The Bertz CT molecular complexity index is 732. The molecule has 0 unspecified atom stereocenters. The van der Waals surface area contributed by atoms with Gasteiger partial charge in [0.1, 0.15) is 5.82 Å². The molecule has 2 aromatic rings. The van der Waals surface area contributed by atoms with Gasteiger partial charge in [0.15, 0.2) is 0 Å². The van der Waals surface area contributed by atoms with Gasteiger partial charge >= 0.3 is 11.7 Å². The lowest BCUT2D eigenvalue weighted by molar-refractivity contribution is -0.385. The summed E-state index contributed by atoms with van der Waals surface area (Å²) < 4.78 is 18.3. The van der Waals surface area contributed by atoms with E-state index in [9.17, 15) is 19.3 Å².